The number of alkyl carbamates (subject to hydrolysis) is 1. The Morgan fingerprint density at radius 3 is 2.48 bits per heavy atom. The zero-order chi connectivity index (χ0) is 18.4. The average Bonchev–Trinajstić information content (AvgIpc) is 3.46. The number of nitrogens with zero attached hydrogens (tertiary/aromatic N) is 1. The third kappa shape index (κ3) is 2.23. The third-order valence-corrected chi connectivity index (χ3v) is 8.08. The summed E-state index contributed by atoms with van der Waals surface area (Å²) < 4.78 is 5.03. The van der Waals surface area contributed by atoms with E-state index in [0.29, 0.717) is 17.9 Å². The fraction of sp³-hybridized carbons (Fsp3) is 0.636. The van der Waals surface area contributed by atoms with Crippen LogP contribution in [0.3, 0.4) is 0 Å². The van der Waals surface area contributed by atoms with Crippen molar-refractivity contribution < 1.29 is 14.3 Å². The summed E-state index contributed by atoms with van der Waals surface area (Å²) in [6, 6.07) is 9.26. The molecule has 2 aliphatic heterocycles. The molecule has 2 saturated heterocycles. The van der Waals surface area contributed by atoms with Crippen molar-refractivity contribution in [3.63, 3.8) is 0 Å². The number of amides is 2. The van der Waals surface area contributed by atoms with Crippen LogP contribution in [0.4, 0.5) is 4.79 Å². The molecular formula is C22H26N2O3. The van der Waals surface area contributed by atoms with Crippen molar-refractivity contribution in [2.45, 2.75) is 55.4 Å². The molecule has 0 aromatic heterocycles. The van der Waals surface area contributed by atoms with Gasteiger partial charge in [-0.2, -0.15) is 0 Å². The minimum Gasteiger partial charge on any atom is -0.447 e. The van der Waals surface area contributed by atoms with E-state index in [1.54, 1.807) is 0 Å². The number of rotatable bonds is 3. The number of benzene rings is 1. The summed E-state index contributed by atoms with van der Waals surface area (Å²) in [5.41, 5.74) is 3.22. The van der Waals surface area contributed by atoms with Crippen molar-refractivity contribution in [2.24, 2.45) is 11.8 Å². The van der Waals surface area contributed by atoms with Gasteiger partial charge in [-0.25, -0.2) is 4.79 Å². The van der Waals surface area contributed by atoms with Crippen molar-refractivity contribution >= 4 is 12.0 Å². The van der Waals surface area contributed by atoms with Crippen molar-refractivity contribution in [3.8, 4) is 0 Å². The standard InChI is InChI=1S/C22H26N2O3/c1-20(6-7-20)15-2-4-16(5-3-15)22-10-17(22)11-24(12-22)18(25)14-8-21(9-14)13-27-19(26)23-21/h2-5,14,17H,6-13H2,1H3,(H,23,26)/t14-,17?,21+,22?. The molecule has 0 radical (unpaired) electrons. The molecule has 1 aromatic carbocycles. The lowest BCUT2D eigenvalue weighted by molar-refractivity contribution is -0.140. The molecule has 2 unspecified atom stereocenters. The molecule has 2 atom stereocenters. The van der Waals surface area contributed by atoms with Gasteiger partial charge in [-0.1, -0.05) is 31.2 Å². The Labute approximate surface area is 159 Å². The molecule has 1 N–H and O–H groups in total. The normalized spacial score (nSPS) is 40.2. The number of hydrogen-bond donors (Lipinski definition) is 1. The van der Waals surface area contributed by atoms with Gasteiger partial charge in [-0.3, -0.25) is 4.79 Å². The van der Waals surface area contributed by atoms with Gasteiger partial charge >= 0.3 is 6.09 Å². The highest BCUT2D eigenvalue weighted by molar-refractivity contribution is 5.82. The van der Waals surface area contributed by atoms with Gasteiger partial charge in [0.2, 0.25) is 5.91 Å². The average molecular weight is 366 g/mol. The number of likely N-dealkylation sites (tertiary alicyclic amines) is 1. The van der Waals surface area contributed by atoms with Crippen LogP contribution in [0.5, 0.6) is 0 Å². The van der Waals surface area contributed by atoms with E-state index in [0.717, 1.165) is 25.9 Å². The molecule has 5 nitrogen and oxygen atoms in total. The highest BCUT2D eigenvalue weighted by Gasteiger charge is 2.63. The van der Waals surface area contributed by atoms with Crippen LogP contribution in [0.1, 0.15) is 50.2 Å². The third-order valence-electron chi connectivity index (χ3n) is 8.08. The van der Waals surface area contributed by atoms with E-state index >= 15 is 0 Å². The van der Waals surface area contributed by atoms with Crippen LogP contribution >= 0.6 is 0 Å². The number of nitrogens with one attached hydrogen (secondary N) is 1. The molecule has 1 aromatic rings. The molecule has 0 bridgehead atoms. The molecule has 5 aliphatic rings. The summed E-state index contributed by atoms with van der Waals surface area (Å²) in [6.45, 7) is 4.51. The lowest BCUT2D eigenvalue weighted by Crippen LogP contribution is -2.58. The Hall–Kier alpha value is -2.04. The Kier molecular flexibility index (Phi) is 2.88. The molecule has 1 spiro atoms. The van der Waals surface area contributed by atoms with E-state index < -0.39 is 0 Å². The second kappa shape index (κ2) is 4.86. The first-order chi connectivity index (χ1) is 12.9. The molecule has 6 rings (SSSR count). The lowest BCUT2D eigenvalue weighted by Gasteiger charge is -2.43. The maximum Gasteiger partial charge on any atom is 0.407 e. The van der Waals surface area contributed by atoms with Gasteiger partial charge in [-0.15, -0.1) is 0 Å². The Balaban J connectivity index is 1.13. The Morgan fingerprint density at radius 2 is 1.85 bits per heavy atom. The molecule has 3 saturated carbocycles. The van der Waals surface area contributed by atoms with Gasteiger partial charge in [0.1, 0.15) is 6.61 Å². The predicted octanol–water partition coefficient (Wildman–Crippen LogP) is 2.73. The number of carbonyl (C=O) groups excluding carboxylic acids is 2. The van der Waals surface area contributed by atoms with Crippen molar-refractivity contribution in [2.75, 3.05) is 19.7 Å². The van der Waals surface area contributed by atoms with E-state index in [1.165, 1.54) is 30.4 Å². The maximum atomic E-state index is 13.0. The fourth-order valence-electron chi connectivity index (χ4n) is 5.81. The molecular weight excluding hydrogens is 340 g/mol. The van der Waals surface area contributed by atoms with E-state index in [1.807, 2.05) is 0 Å². The molecule has 5 fully saturated rings. The highest BCUT2D eigenvalue weighted by Crippen LogP contribution is 2.60. The van der Waals surface area contributed by atoms with E-state index in [2.05, 4.69) is 41.4 Å². The number of ether oxygens (including phenoxy) is 1. The first-order valence-electron chi connectivity index (χ1n) is 10.3. The van der Waals surface area contributed by atoms with Crippen LogP contribution < -0.4 is 5.32 Å². The number of cyclic esters (lactones) is 1. The molecule has 27 heavy (non-hydrogen) atoms. The van der Waals surface area contributed by atoms with E-state index in [-0.39, 0.29) is 28.9 Å². The minimum atomic E-state index is -0.342. The minimum absolute atomic E-state index is 0.0405. The van der Waals surface area contributed by atoms with Crippen LogP contribution in [0, 0.1) is 11.8 Å². The van der Waals surface area contributed by atoms with E-state index in [9.17, 15) is 9.59 Å². The summed E-state index contributed by atoms with van der Waals surface area (Å²) in [7, 11) is 0. The van der Waals surface area contributed by atoms with Crippen LogP contribution in [0.2, 0.25) is 0 Å². The zero-order valence-corrected chi connectivity index (χ0v) is 15.8. The first kappa shape index (κ1) is 16.0. The molecule has 3 aliphatic carbocycles. The van der Waals surface area contributed by atoms with Crippen molar-refractivity contribution in [1.29, 1.82) is 0 Å². The van der Waals surface area contributed by atoms with Crippen LogP contribution in [0.15, 0.2) is 24.3 Å². The summed E-state index contributed by atoms with van der Waals surface area (Å²) in [4.78, 5) is 26.3. The molecule has 2 amide bonds. The highest BCUT2D eigenvalue weighted by atomic mass is 16.6. The van der Waals surface area contributed by atoms with Crippen molar-refractivity contribution in [1.82, 2.24) is 10.2 Å². The smallest absolute Gasteiger partial charge is 0.407 e. The summed E-state index contributed by atoms with van der Waals surface area (Å²) >= 11 is 0. The fourth-order valence-corrected chi connectivity index (χ4v) is 5.81. The summed E-state index contributed by atoms with van der Waals surface area (Å²) in [6.07, 6.45) is 4.92. The van der Waals surface area contributed by atoms with Crippen molar-refractivity contribution in [3.05, 3.63) is 35.4 Å². The molecule has 5 heteroatoms. The molecule has 142 valence electrons. The van der Waals surface area contributed by atoms with Crippen LogP contribution in [0.25, 0.3) is 0 Å². The Bertz CT molecular complexity index is 838. The number of carbonyl (C=O) groups is 2. The SMILES string of the molecule is CC1(c2ccc(C34CC3CN(C(=O)[C@H]3C[C@]5(COC(=O)N5)C3)C4)cc2)CC1. The summed E-state index contributed by atoms with van der Waals surface area (Å²) in [5.74, 6) is 0.932. The molecule has 2 heterocycles. The van der Waals surface area contributed by atoms with E-state index in [4.69, 9.17) is 4.74 Å². The second-order valence-electron chi connectivity index (χ2n) is 10.0. The van der Waals surface area contributed by atoms with Gasteiger partial charge in [0.15, 0.2) is 0 Å². The van der Waals surface area contributed by atoms with Gasteiger partial charge in [0.25, 0.3) is 0 Å². The first-order valence-corrected chi connectivity index (χ1v) is 10.3. The topological polar surface area (TPSA) is 58.6 Å². The maximum absolute atomic E-state index is 13.0. The van der Waals surface area contributed by atoms with Gasteiger partial charge in [0.05, 0.1) is 5.54 Å². The number of hydrogen-bond acceptors (Lipinski definition) is 3. The lowest BCUT2D eigenvalue weighted by atomic mass is 9.68. The largest absolute Gasteiger partial charge is 0.447 e. The van der Waals surface area contributed by atoms with Gasteiger partial charge in [-0.05, 0) is 54.6 Å². The van der Waals surface area contributed by atoms with Gasteiger partial charge < -0.3 is 15.0 Å². The summed E-state index contributed by atoms with van der Waals surface area (Å²) in [5, 5.41) is 2.88. The van der Waals surface area contributed by atoms with Gasteiger partial charge in [0, 0.05) is 24.4 Å². The number of piperidine rings is 1. The zero-order valence-electron chi connectivity index (χ0n) is 15.8. The predicted molar refractivity (Wildman–Crippen MR) is 99.3 cm³/mol. The number of fused-ring (bicyclic) bond motifs is 1. The second-order valence-corrected chi connectivity index (χ2v) is 10.0. The monoisotopic (exact) mass is 366 g/mol. The Morgan fingerprint density at radius 1 is 1.15 bits per heavy atom. The van der Waals surface area contributed by atoms with Crippen LogP contribution in [-0.4, -0.2) is 42.1 Å². The van der Waals surface area contributed by atoms with Crippen LogP contribution in [-0.2, 0) is 20.4 Å². The quantitative estimate of drug-likeness (QED) is 0.895.